The maximum absolute atomic E-state index is 10.4. The van der Waals surface area contributed by atoms with Crippen LogP contribution in [0.15, 0.2) is 0 Å². The second-order valence-corrected chi connectivity index (χ2v) is 2.64. The third-order valence-electron chi connectivity index (χ3n) is 0.183. The molecule has 0 spiro atoms. The fourth-order valence-corrected chi connectivity index (χ4v) is 0. The Labute approximate surface area is 164 Å². The Hall–Kier alpha value is 0.620. The Bertz CT molecular complexity index is 330. The number of rotatable bonds is 0. The van der Waals surface area contributed by atoms with Crippen molar-refractivity contribution in [3.63, 3.8) is 0 Å². The van der Waals surface area contributed by atoms with Gasteiger partial charge in [0.25, 0.3) is 0 Å². The van der Waals surface area contributed by atoms with E-state index in [1.165, 1.54) is 0 Å². The topological polar surface area (TPSA) is 180 Å². The first-order valence-corrected chi connectivity index (χ1v) is 5.09. The summed E-state index contributed by atoms with van der Waals surface area (Å²) in [5, 5.41) is 29.5. The first-order chi connectivity index (χ1) is 7.47. The molecule has 0 fully saturated rings. The van der Waals surface area contributed by atoms with E-state index in [-0.39, 0.29) is 62.0 Å². The first kappa shape index (κ1) is 36.7. The molecule has 0 atom stereocenters. The van der Waals surface area contributed by atoms with Crippen LogP contribution in [0.1, 0.15) is 2.85 Å². The standard InChI is InChI=1S/C2H2O4.2CHNS.FH2O3P.2Na.2H/c3-1(4)2(5)6;2*2-1-3;1-5(2,3)4;;;;/h(H,3,4)(H,5,6);2*2H;(H2,2,3,4);;;;/q;;;;2*+1;2*-1. The van der Waals surface area contributed by atoms with Gasteiger partial charge in [-0.25, -0.2) is 25.0 Å². The third-order valence-corrected chi connectivity index (χ3v) is 0.183. The zero-order chi connectivity index (χ0) is 15.1. The second kappa shape index (κ2) is 27.0. The zero-order valence-corrected chi connectivity index (χ0v) is 16.2. The fourth-order valence-electron chi connectivity index (χ4n) is 0. The Morgan fingerprint density at radius 1 is 1.05 bits per heavy atom. The molecule has 0 heterocycles. The summed E-state index contributed by atoms with van der Waals surface area (Å²) in [6.07, 6.45) is 0. The number of thiocarbonyl (C=S) groups is 2. The molecule has 0 aromatic rings. The molecule has 0 aromatic carbocycles. The number of aliphatic carboxylic acids is 2. The van der Waals surface area contributed by atoms with Gasteiger partial charge in [-0.05, 0) is 24.4 Å². The molecule has 102 valence electrons. The molecule has 0 rings (SSSR count). The monoisotopic (exact) mass is 356 g/mol. The van der Waals surface area contributed by atoms with Gasteiger partial charge in [-0.2, -0.15) is 0 Å². The van der Waals surface area contributed by atoms with E-state index >= 15 is 0 Å². The number of hydrogen-bond donors (Lipinski definition) is 6. The first-order valence-electron chi connectivity index (χ1n) is 2.77. The molecule has 0 aliphatic rings. The molecule has 0 aromatic heterocycles. The SMILES string of the molecule is N=C=S.N=C=S.O=C(O)C(=O)O.O=P(O)(O)F.[H-].[H-].[Na+].[Na+]. The van der Waals surface area contributed by atoms with Gasteiger partial charge in [0.1, 0.15) is 0 Å². The number of isothiocyanates is 2. The maximum Gasteiger partial charge on any atom is 1.00 e. The van der Waals surface area contributed by atoms with Crippen molar-refractivity contribution < 1.29 is 100 Å². The molecular formula is C4H8FN2Na2O7PS2. The van der Waals surface area contributed by atoms with Crippen molar-refractivity contribution in [3.05, 3.63) is 0 Å². The summed E-state index contributed by atoms with van der Waals surface area (Å²) in [6, 6.07) is 0. The van der Waals surface area contributed by atoms with Crippen LogP contribution in [0.4, 0.5) is 4.20 Å². The number of carboxylic acid groups (broad SMARTS) is 2. The van der Waals surface area contributed by atoms with Gasteiger partial charge in [0.05, 0.1) is 10.3 Å². The van der Waals surface area contributed by atoms with E-state index in [1.807, 2.05) is 0 Å². The minimum absolute atomic E-state index is 0. The predicted molar refractivity (Wildman–Crippen MR) is 61.3 cm³/mol. The van der Waals surface area contributed by atoms with E-state index < -0.39 is 19.8 Å². The van der Waals surface area contributed by atoms with Crippen LogP contribution in [0.5, 0.6) is 0 Å². The number of carboxylic acids is 2. The van der Waals surface area contributed by atoms with E-state index in [2.05, 4.69) is 24.4 Å². The van der Waals surface area contributed by atoms with Gasteiger partial charge < -0.3 is 13.1 Å². The van der Waals surface area contributed by atoms with Crippen LogP contribution in [0, 0.1) is 10.8 Å². The van der Waals surface area contributed by atoms with E-state index in [0.29, 0.717) is 0 Å². The summed E-state index contributed by atoms with van der Waals surface area (Å²) < 4.78 is 19.0. The van der Waals surface area contributed by atoms with Crippen LogP contribution in [0.3, 0.4) is 0 Å². The summed E-state index contributed by atoms with van der Waals surface area (Å²) in [6.45, 7) is 0. The van der Waals surface area contributed by atoms with E-state index in [1.54, 1.807) is 10.3 Å². The molecule has 0 aliphatic carbocycles. The second-order valence-electron chi connectivity index (χ2n) is 1.29. The fraction of sp³-hybridized carbons (Fsp3) is 0. The smallest absolute Gasteiger partial charge is 1.00 e. The summed E-state index contributed by atoms with van der Waals surface area (Å²) in [5.41, 5.74) is 0. The molecule has 6 N–H and O–H groups in total. The van der Waals surface area contributed by atoms with Crippen LogP contribution in [0.25, 0.3) is 0 Å². The summed E-state index contributed by atoms with van der Waals surface area (Å²) in [4.78, 5) is 32.1. The molecule has 0 unspecified atom stereocenters. The molecule has 0 saturated carbocycles. The molecule has 0 amide bonds. The van der Waals surface area contributed by atoms with E-state index in [9.17, 15) is 4.20 Å². The predicted octanol–water partition coefficient (Wildman–Crippen LogP) is -5.23. The molecule has 19 heavy (non-hydrogen) atoms. The average Bonchev–Trinajstić information content (AvgIpc) is 2.03. The number of carbonyl (C=O) groups is 2. The Kier molecular flexibility index (Phi) is 52.2. The number of halogens is 1. The Morgan fingerprint density at radius 3 is 1.11 bits per heavy atom. The van der Waals surface area contributed by atoms with Crippen LogP contribution in [-0.4, -0.2) is 42.3 Å². The minimum atomic E-state index is -5.14. The van der Waals surface area contributed by atoms with Crippen molar-refractivity contribution in [3.8, 4) is 0 Å². The van der Waals surface area contributed by atoms with Gasteiger partial charge in [-0.3, -0.25) is 9.79 Å². The van der Waals surface area contributed by atoms with Gasteiger partial charge in [0, 0.05) is 0 Å². The van der Waals surface area contributed by atoms with Crippen molar-refractivity contribution in [2.45, 2.75) is 0 Å². The molecule has 0 radical (unpaired) electrons. The molecule has 15 heteroatoms. The van der Waals surface area contributed by atoms with Gasteiger partial charge in [-0.15, -0.1) is 4.20 Å². The van der Waals surface area contributed by atoms with Crippen LogP contribution in [0.2, 0.25) is 0 Å². The van der Waals surface area contributed by atoms with Crippen molar-refractivity contribution >= 4 is 54.6 Å². The van der Waals surface area contributed by atoms with Gasteiger partial charge in [0.15, 0.2) is 0 Å². The van der Waals surface area contributed by atoms with E-state index in [0.717, 1.165) is 0 Å². The quantitative estimate of drug-likeness (QED) is 0.0813. The molecular weight excluding hydrogens is 348 g/mol. The van der Waals surface area contributed by atoms with Gasteiger partial charge >= 0.3 is 79.0 Å². The Balaban J connectivity index is -0.0000000175. The summed E-state index contributed by atoms with van der Waals surface area (Å²) in [7, 11) is -5.14. The van der Waals surface area contributed by atoms with Crippen molar-refractivity contribution in [1.29, 1.82) is 10.8 Å². The summed E-state index contributed by atoms with van der Waals surface area (Å²) in [5.74, 6) is -3.65. The minimum Gasteiger partial charge on any atom is -1.00 e. The molecule has 9 nitrogen and oxygen atoms in total. The van der Waals surface area contributed by atoms with Crippen LogP contribution >= 0.6 is 32.3 Å². The van der Waals surface area contributed by atoms with Crippen molar-refractivity contribution in [2.75, 3.05) is 0 Å². The van der Waals surface area contributed by atoms with Crippen molar-refractivity contribution in [1.82, 2.24) is 0 Å². The van der Waals surface area contributed by atoms with Crippen LogP contribution in [-0.2, 0) is 14.2 Å². The molecule has 0 aliphatic heterocycles. The third kappa shape index (κ3) is 241. The normalized spacial score (nSPS) is 6.26. The Morgan fingerprint density at radius 2 is 1.11 bits per heavy atom. The van der Waals surface area contributed by atoms with Gasteiger partial charge in [0.2, 0.25) is 0 Å². The van der Waals surface area contributed by atoms with E-state index in [4.69, 9.17) is 45.0 Å². The van der Waals surface area contributed by atoms with Crippen molar-refractivity contribution in [2.24, 2.45) is 0 Å². The van der Waals surface area contributed by atoms with Crippen LogP contribution < -0.4 is 59.1 Å². The number of hydrogen-bond acceptors (Lipinski definition) is 7. The molecule has 0 saturated heterocycles. The molecule has 0 bridgehead atoms. The average molecular weight is 356 g/mol. The number of nitrogens with one attached hydrogen (secondary N) is 2. The van der Waals surface area contributed by atoms with Gasteiger partial charge in [-0.1, -0.05) is 0 Å². The zero-order valence-electron chi connectivity index (χ0n) is 11.7. The largest absolute Gasteiger partial charge is 1.00 e. The maximum atomic E-state index is 10.4. The summed E-state index contributed by atoms with van der Waals surface area (Å²) >= 11 is 7.62.